The maximum atomic E-state index is 12.2. The van der Waals surface area contributed by atoms with Gasteiger partial charge in [-0.25, -0.2) is 8.42 Å². The zero-order valence-electron chi connectivity index (χ0n) is 10.3. The molecule has 102 valence electrons. The van der Waals surface area contributed by atoms with E-state index in [1.54, 1.807) is 37.4 Å². The molecule has 0 saturated carbocycles. The Morgan fingerprint density at radius 3 is 2.53 bits per heavy atom. The average Bonchev–Trinajstić information content (AvgIpc) is 2.79. The van der Waals surface area contributed by atoms with E-state index in [1.807, 2.05) is 6.92 Å². The Bertz CT molecular complexity index is 695. The summed E-state index contributed by atoms with van der Waals surface area (Å²) in [7, 11) is -1.97. The molecule has 1 aromatic heterocycles. The van der Waals surface area contributed by atoms with Crippen LogP contribution in [0, 0.1) is 6.92 Å². The quantitative estimate of drug-likeness (QED) is 0.904. The second-order valence-corrected chi connectivity index (χ2v) is 8.22. The SMILES string of the molecule is COc1ccc(NS(=O)(=O)c2ccc(Br)s2)c(C)c1. The van der Waals surface area contributed by atoms with E-state index in [0.29, 0.717) is 11.4 Å². The van der Waals surface area contributed by atoms with Crippen molar-refractivity contribution in [2.75, 3.05) is 11.8 Å². The molecule has 0 aliphatic carbocycles. The zero-order chi connectivity index (χ0) is 14.0. The lowest BCUT2D eigenvalue weighted by Crippen LogP contribution is -2.12. The first-order valence-electron chi connectivity index (χ1n) is 5.35. The van der Waals surface area contributed by atoms with Crippen molar-refractivity contribution in [3.05, 3.63) is 39.7 Å². The first-order chi connectivity index (χ1) is 8.92. The summed E-state index contributed by atoms with van der Waals surface area (Å²) in [5, 5.41) is 0. The van der Waals surface area contributed by atoms with Crippen molar-refractivity contribution in [2.45, 2.75) is 11.1 Å². The Kier molecular flexibility index (Phi) is 4.17. The molecule has 4 nitrogen and oxygen atoms in total. The third kappa shape index (κ3) is 3.29. The molecule has 0 aliphatic rings. The van der Waals surface area contributed by atoms with Crippen LogP contribution in [-0.4, -0.2) is 15.5 Å². The molecule has 1 aromatic carbocycles. The van der Waals surface area contributed by atoms with Crippen LogP contribution in [0.5, 0.6) is 5.75 Å². The van der Waals surface area contributed by atoms with E-state index in [-0.39, 0.29) is 4.21 Å². The highest BCUT2D eigenvalue weighted by Crippen LogP contribution is 2.29. The van der Waals surface area contributed by atoms with Crippen LogP contribution in [0.15, 0.2) is 38.3 Å². The average molecular weight is 362 g/mol. The van der Waals surface area contributed by atoms with Crippen LogP contribution in [-0.2, 0) is 10.0 Å². The minimum Gasteiger partial charge on any atom is -0.497 e. The number of rotatable bonds is 4. The van der Waals surface area contributed by atoms with Crippen LogP contribution >= 0.6 is 27.3 Å². The van der Waals surface area contributed by atoms with E-state index >= 15 is 0 Å². The van der Waals surface area contributed by atoms with Crippen molar-refractivity contribution in [2.24, 2.45) is 0 Å². The summed E-state index contributed by atoms with van der Waals surface area (Å²) in [5.74, 6) is 0.694. The number of benzene rings is 1. The summed E-state index contributed by atoms with van der Waals surface area (Å²) < 4.78 is 33.0. The summed E-state index contributed by atoms with van der Waals surface area (Å²) in [4.78, 5) is 0. The number of hydrogen-bond acceptors (Lipinski definition) is 4. The van der Waals surface area contributed by atoms with Crippen LogP contribution in [0.25, 0.3) is 0 Å². The molecule has 1 heterocycles. The monoisotopic (exact) mass is 361 g/mol. The van der Waals surface area contributed by atoms with Gasteiger partial charge in [0.05, 0.1) is 16.6 Å². The van der Waals surface area contributed by atoms with Gasteiger partial charge in [0.25, 0.3) is 10.0 Å². The van der Waals surface area contributed by atoms with Crippen molar-refractivity contribution >= 4 is 43.0 Å². The number of ether oxygens (including phenoxy) is 1. The molecule has 7 heteroatoms. The fraction of sp³-hybridized carbons (Fsp3) is 0.167. The van der Waals surface area contributed by atoms with Crippen LogP contribution in [0.1, 0.15) is 5.56 Å². The highest BCUT2D eigenvalue weighted by molar-refractivity contribution is 9.11. The number of halogens is 1. The Morgan fingerprint density at radius 2 is 2.00 bits per heavy atom. The molecular weight excluding hydrogens is 350 g/mol. The molecular formula is C12H12BrNO3S2. The summed E-state index contributed by atoms with van der Waals surface area (Å²) in [5.41, 5.74) is 1.35. The van der Waals surface area contributed by atoms with E-state index < -0.39 is 10.0 Å². The molecule has 1 N–H and O–H groups in total. The molecule has 0 bridgehead atoms. The number of sulfonamides is 1. The van der Waals surface area contributed by atoms with Crippen LogP contribution in [0.3, 0.4) is 0 Å². The summed E-state index contributed by atoms with van der Waals surface area (Å²) >= 11 is 4.42. The lowest BCUT2D eigenvalue weighted by atomic mass is 10.2. The van der Waals surface area contributed by atoms with Gasteiger partial charge in [0, 0.05) is 0 Å². The van der Waals surface area contributed by atoms with Gasteiger partial charge >= 0.3 is 0 Å². The molecule has 0 spiro atoms. The standard InChI is InChI=1S/C12H12BrNO3S2/c1-8-7-9(17-2)3-4-10(8)14-19(15,16)12-6-5-11(13)18-12/h3-7,14H,1-2H3. The molecule has 0 saturated heterocycles. The van der Waals surface area contributed by atoms with Gasteiger partial charge in [-0.05, 0) is 58.7 Å². The molecule has 2 aromatic rings. The minimum atomic E-state index is -3.54. The van der Waals surface area contributed by atoms with Crippen molar-refractivity contribution < 1.29 is 13.2 Å². The predicted molar refractivity (Wildman–Crippen MR) is 80.6 cm³/mol. The Balaban J connectivity index is 2.30. The van der Waals surface area contributed by atoms with E-state index in [9.17, 15) is 8.42 Å². The number of thiophene rings is 1. The van der Waals surface area contributed by atoms with Gasteiger partial charge in [-0.1, -0.05) is 0 Å². The first-order valence-corrected chi connectivity index (χ1v) is 8.44. The van der Waals surface area contributed by atoms with Crippen molar-refractivity contribution in [3.8, 4) is 5.75 Å². The Labute approximate surface area is 124 Å². The van der Waals surface area contributed by atoms with Crippen molar-refractivity contribution in [1.82, 2.24) is 0 Å². The van der Waals surface area contributed by atoms with Gasteiger partial charge in [0.2, 0.25) is 0 Å². The lowest BCUT2D eigenvalue weighted by Gasteiger charge is -2.10. The summed E-state index contributed by atoms with van der Waals surface area (Å²) in [6, 6.07) is 8.46. The smallest absolute Gasteiger partial charge is 0.271 e. The van der Waals surface area contributed by atoms with E-state index in [1.165, 1.54) is 11.3 Å². The van der Waals surface area contributed by atoms with Crippen molar-refractivity contribution in [3.63, 3.8) is 0 Å². The fourth-order valence-electron chi connectivity index (χ4n) is 1.51. The number of anilines is 1. The van der Waals surface area contributed by atoms with Gasteiger partial charge in [0.15, 0.2) is 0 Å². The van der Waals surface area contributed by atoms with Crippen LogP contribution < -0.4 is 9.46 Å². The summed E-state index contributed by atoms with van der Waals surface area (Å²) in [6.07, 6.45) is 0. The van der Waals surface area contributed by atoms with Gasteiger partial charge in [-0.15, -0.1) is 11.3 Å². The first kappa shape index (κ1) is 14.4. The topological polar surface area (TPSA) is 55.4 Å². The zero-order valence-corrected chi connectivity index (χ0v) is 13.5. The van der Waals surface area contributed by atoms with E-state index in [4.69, 9.17) is 4.74 Å². The third-order valence-corrected chi connectivity index (χ3v) is 5.97. The molecule has 0 fully saturated rings. The number of hydrogen-bond donors (Lipinski definition) is 1. The highest BCUT2D eigenvalue weighted by Gasteiger charge is 2.17. The second-order valence-electron chi connectivity index (χ2n) is 3.84. The molecule has 0 atom stereocenters. The third-order valence-electron chi connectivity index (χ3n) is 2.49. The van der Waals surface area contributed by atoms with Gasteiger partial charge in [0.1, 0.15) is 9.96 Å². The second kappa shape index (κ2) is 5.52. The maximum Gasteiger partial charge on any atom is 0.271 e. The van der Waals surface area contributed by atoms with Crippen molar-refractivity contribution in [1.29, 1.82) is 0 Å². The molecule has 0 radical (unpaired) electrons. The van der Waals surface area contributed by atoms with Gasteiger partial charge in [-0.3, -0.25) is 4.72 Å². The van der Waals surface area contributed by atoms with Crippen LogP contribution in [0.4, 0.5) is 5.69 Å². The number of methoxy groups -OCH3 is 1. The van der Waals surface area contributed by atoms with Gasteiger partial charge < -0.3 is 4.74 Å². The normalized spacial score (nSPS) is 11.3. The largest absolute Gasteiger partial charge is 0.497 e. The fourth-order valence-corrected chi connectivity index (χ4v) is 4.66. The van der Waals surface area contributed by atoms with Gasteiger partial charge in [-0.2, -0.15) is 0 Å². The Morgan fingerprint density at radius 1 is 1.26 bits per heavy atom. The molecule has 19 heavy (non-hydrogen) atoms. The predicted octanol–water partition coefficient (Wildman–Crippen LogP) is 3.63. The Hall–Kier alpha value is -1.05. The van der Waals surface area contributed by atoms with E-state index in [0.717, 1.165) is 9.35 Å². The summed E-state index contributed by atoms with van der Waals surface area (Å²) in [6.45, 7) is 1.82. The maximum absolute atomic E-state index is 12.2. The lowest BCUT2D eigenvalue weighted by molar-refractivity contribution is 0.414. The minimum absolute atomic E-state index is 0.273. The molecule has 0 aliphatic heterocycles. The highest BCUT2D eigenvalue weighted by atomic mass is 79.9. The molecule has 2 rings (SSSR count). The molecule has 0 amide bonds. The van der Waals surface area contributed by atoms with Crippen LogP contribution in [0.2, 0.25) is 0 Å². The number of nitrogens with one attached hydrogen (secondary N) is 1. The van der Waals surface area contributed by atoms with E-state index in [2.05, 4.69) is 20.7 Å². The molecule has 0 unspecified atom stereocenters. The number of aryl methyl sites for hydroxylation is 1.